The third kappa shape index (κ3) is 6.59. The molecule has 0 radical (unpaired) electrons. The number of hydrogen-bond acceptors (Lipinski definition) is 4. The fraction of sp³-hybridized carbons (Fsp3) is 0.630. The molecule has 1 saturated heterocycles. The van der Waals surface area contributed by atoms with E-state index >= 15 is 0 Å². The van der Waals surface area contributed by atoms with E-state index in [9.17, 15) is 9.59 Å². The van der Waals surface area contributed by atoms with Crippen LogP contribution in [0.4, 0.5) is 0 Å². The number of hydrogen-bond donors (Lipinski definition) is 1. The Balaban J connectivity index is 1.25. The molecule has 0 spiro atoms. The third-order valence-electron chi connectivity index (χ3n) is 7.31. The lowest BCUT2D eigenvalue weighted by molar-refractivity contribution is -0.135. The molecule has 1 aromatic carbocycles. The quantitative estimate of drug-likeness (QED) is 0.529. The molecule has 1 aliphatic heterocycles. The number of pyridine rings is 1. The highest BCUT2D eigenvalue weighted by atomic mass is 16.5. The molecule has 1 amide bonds. The lowest BCUT2D eigenvalue weighted by atomic mass is 9.93. The monoisotopic (exact) mass is 453 g/mol. The maximum atomic E-state index is 13.2. The van der Waals surface area contributed by atoms with Crippen LogP contribution in [0, 0.1) is 0 Å². The van der Waals surface area contributed by atoms with Crippen molar-refractivity contribution in [2.24, 2.45) is 0 Å². The molecule has 1 aliphatic carbocycles. The summed E-state index contributed by atoms with van der Waals surface area (Å²) in [4.78, 5) is 32.3. The first kappa shape index (κ1) is 23.8. The van der Waals surface area contributed by atoms with Gasteiger partial charge in [-0.1, -0.05) is 19.3 Å². The van der Waals surface area contributed by atoms with Crippen molar-refractivity contribution in [3.05, 3.63) is 40.7 Å². The molecule has 6 nitrogen and oxygen atoms in total. The highest BCUT2D eigenvalue weighted by molar-refractivity contribution is 5.79. The first-order valence-corrected chi connectivity index (χ1v) is 12.9. The number of rotatable bonds is 10. The minimum Gasteiger partial charge on any atom is -0.494 e. The van der Waals surface area contributed by atoms with Crippen molar-refractivity contribution in [2.45, 2.75) is 83.2 Å². The molecule has 2 aliphatic rings. The van der Waals surface area contributed by atoms with E-state index in [0.29, 0.717) is 31.0 Å². The van der Waals surface area contributed by atoms with Gasteiger partial charge in [0, 0.05) is 42.0 Å². The second-order valence-electron chi connectivity index (χ2n) is 9.81. The van der Waals surface area contributed by atoms with Gasteiger partial charge in [-0.05, 0) is 82.8 Å². The second-order valence-corrected chi connectivity index (χ2v) is 9.81. The summed E-state index contributed by atoms with van der Waals surface area (Å²) >= 11 is 0. The van der Waals surface area contributed by atoms with E-state index in [0.717, 1.165) is 48.9 Å². The average Bonchev–Trinajstić information content (AvgIpc) is 3.38. The van der Waals surface area contributed by atoms with Gasteiger partial charge in [0.2, 0.25) is 11.5 Å². The Bertz CT molecular complexity index is 960. The van der Waals surface area contributed by atoms with Crippen molar-refractivity contribution in [1.82, 2.24) is 14.8 Å². The Morgan fingerprint density at radius 1 is 1.09 bits per heavy atom. The summed E-state index contributed by atoms with van der Waals surface area (Å²) in [6, 6.07) is 9.91. The van der Waals surface area contributed by atoms with Crippen LogP contribution in [0.5, 0.6) is 5.75 Å². The second kappa shape index (κ2) is 11.7. The molecule has 4 rings (SSSR count). The molecule has 1 unspecified atom stereocenters. The molecule has 0 bridgehead atoms. The summed E-state index contributed by atoms with van der Waals surface area (Å²) in [6.07, 6.45) is 11.0. The smallest absolute Gasteiger partial charge is 0.248 e. The standard InChI is InChI=1S/C27H39N3O3/c1-21(29-16-6-7-17-29)20-30(23-9-3-2-4-10-23)27(32)11-5-8-18-33-24-13-14-25-22(19-24)12-15-26(31)28-25/h12-15,19,21,23H,2-11,16-18,20H2,1H3,(H,28,31). The Labute approximate surface area is 197 Å². The molecular weight excluding hydrogens is 414 g/mol. The zero-order valence-corrected chi connectivity index (χ0v) is 20.1. The van der Waals surface area contributed by atoms with E-state index in [1.165, 1.54) is 51.3 Å². The summed E-state index contributed by atoms with van der Waals surface area (Å²) in [7, 11) is 0. The molecule has 1 atom stereocenters. The van der Waals surface area contributed by atoms with Crippen LogP contribution in [0.1, 0.15) is 71.1 Å². The largest absolute Gasteiger partial charge is 0.494 e. The van der Waals surface area contributed by atoms with Crippen LogP contribution >= 0.6 is 0 Å². The molecule has 6 heteroatoms. The number of H-pyrrole nitrogens is 1. The van der Waals surface area contributed by atoms with Crippen molar-refractivity contribution in [3.63, 3.8) is 0 Å². The molecule has 2 heterocycles. The van der Waals surface area contributed by atoms with Crippen LogP contribution in [0.2, 0.25) is 0 Å². The van der Waals surface area contributed by atoms with Gasteiger partial charge in [-0.2, -0.15) is 0 Å². The van der Waals surface area contributed by atoms with Crippen molar-refractivity contribution >= 4 is 16.8 Å². The zero-order chi connectivity index (χ0) is 23.0. The van der Waals surface area contributed by atoms with Crippen LogP contribution in [-0.2, 0) is 4.79 Å². The number of nitrogens with zero attached hydrogens (tertiary/aromatic N) is 2. The van der Waals surface area contributed by atoms with Crippen LogP contribution in [-0.4, -0.2) is 59.0 Å². The summed E-state index contributed by atoms with van der Waals surface area (Å²) in [6.45, 7) is 6.11. The number of likely N-dealkylation sites (tertiary alicyclic amines) is 1. The third-order valence-corrected chi connectivity index (χ3v) is 7.31. The van der Waals surface area contributed by atoms with E-state index in [4.69, 9.17) is 4.74 Å². The fourth-order valence-electron chi connectivity index (χ4n) is 5.36. The number of nitrogens with one attached hydrogen (secondary N) is 1. The van der Waals surface area contributed by atoms with Crippen molar-refractivity contribution in [2.75, 3.05) is 26.2 Å². The Kier molecular flexibility index (Phi) is 8.43. The van der Waals surface area contributed by atoms with Gasteiger partial charge >= 0.3 is 0 Å². The maximum Gasteiger partial charge on any atom is 0.248 e. The normalized spacial score (nSPS) is 18.5. The number of aromatic nitrogens is 1. The van der Waals surface area contributed by atoms with Crippen LogP contribution in [0.3, 0.4) is 0 Å². The molecular formula is C27H39N3O3. The SMILES string of the molecule is CC(CN(C(=O)CCCCOc1ccc2[nH]c(=O)ccc2c1)C1CCCCC1)N1CCCC1. The minimum atomic E-state index is -0.0991. The van der Waals surface area contributed by atoms with E-state index < -0.39 is 0 Å². The van der Waals surface area contributed by atoms with E-state index in [-0.39, 0.29) is 5.56 Å². The molecule has 1 N–H and O–H groups in total. The predicted molar refractivity (Wildman–Crippen MR) is 133 cm³/mol. The maximum absolute atomic E-state index is 13.2. The highest BCUT2D eigenvalue weighted by Crippen LogP contribution is 2.25. The Morgan fingerprint density at radius 2 is 1.88 bits per heavy atom. The number of benzene rings is 1. The van der Waals surface area contributed by atoms with Crippen molar-refractivity contribution in [3.8, 4) is 5.75 Å². The fourth-order valence-corrected chi connectivity index (χ4v) is 5.36. The van der Waals surface area contributed by atoms with E-state index in [1.807, 2.05) is 24.3 Å². The highest BCUT2D eigenvalue weighted by Gasteiger charge is 2.28. The van der Waals surface area contributed by atoms with Gasteiger partial charge in [0.05, 0.1) is 6.61 Å². The summed E-state index contributed by atoms with van der Waals surface area (Å²) in [5.74, 6) is 1.12. The number of aromatic amines is 1. The molecule has 2 aromatic rings. The number of ether oxygens (including phenoxy) is 1. The molecule has 1 aromatic heterocycles. The lowest BCUT2D eigenvalue weighted by Gasteiger charge is -2.38. The molecule has 1 saturated carbocycles. The first-order valence-electron chi connectivity index (χ1n) is 12.9. The number of fused-ring (bicyclic) bond motifs is 1. The first-order chi connectivity index (χ1) is 16.1. The van der Waals surface area contributed by atoms with Gasteiger partial charge in [0.15, 0.2) is 0 Å². The van der Waals surface area contributed by atoms with E-state index in [1.54, 1.807) is 0 Å². The number of carbonyl (C=O) groups is 1. The van der Waals surface area contributed by atoms with Crippen LogP contribution in [0.15, 0.2) is 35.1 Å². The van der Waals surface area contributed by atoms with Gasteiger partial charge in [-0.25, -0.2) is 0 Å². The van der Waals surface area contributed by atoms with Gasteiger partial charge in [0.25, 0.3) is 0 Å². The lowest BCUT2D eigenvalue weighted by Crippen LogP contribution is -2.48. The molecule has 33 heavy (non-hydrogen) atoms. The van der Waals surface area contributed by atoms with Gasteiger partial charge in [-0.3, -0.25) is 14.5 Å². The molecule has 180 valence electrons. The topological polar surface area (TPSA) is 65.6 Å². The minimum absolute atomic E-state index is 0.0991. The zero-order valence-electron chi connectivity index (χ0n) is 20.1. The number of carbonyl (C=O) groups excluding carboxylic acids is 1. The van der Waals surface area contributed by atoms with Crippen LogP contribution in [0.25, 0.3) is 10.9 Å². The number of unbranched alkanes of at least 4 members (excludes halogenated alkanes) is 1. The Morgan fingerprint density at radius 3 is 2.67 bits per heavy atom. The van der Waals surface area contributed by atoms with Crippen molar-refractivity contribution in [1.29, 1.82) is 0 Å². The van der Waals surface area contributed by atoms with E-state index in [2.05, 4.69) is 21.7 Å². The Hall–Kier alpha value is -2.34. The summed E-state index contributed by atoms with van der Waals surface area (Å²) < 4.78 is 5.91. The predicted octanol–water partition coefficient (Wildman–Crippen LogP) is 4.72. The van der Waals surface area contributed by atoms with Crippen LogP contribution < -0.4 is 10.3 Å². The number of amides is 1. The van der Waals surface area contributed by atoms with Gasteiger partial charge in [-0.15, -0.1) is 0 Å². The average molecular weight is 454 g/mol. The summed E-state index contributed by atoms with van der Waals surface area (Å²) in [5.41, 5.74) is 0.712. The molecule has 2 fully saturated rings. The van der Waals surface area contributed by atoms with Gasteiger partial charge < -0.3 is 14.6 Å². The van der Waals surface area contributed by atoms with Gasteiger partial charge in [0.1, 0.15) is 5.75 Å². The summed E-state index contributed by atoms with van der Waals surface area (Å²) in [5, 5.41) is 0.956. The van der Waals surface area contributed by atoms with Crippen molar-refractivity contribution < 1.29 is 9.53 Å².